The molecule has 3 N–H and O–H groups in total. The molecule has 0 saturated heterocycles. The van der Waals surface area contributed by atoms with E-state index in [-0.39, 0.29) is 30.7 Å². The van der Waals surface area contributed by atoms with Gasteiger partial charge in [-0.2, -0.15) is 0 Å². The van der Waals surface area contributed by atoms with Crippen molar-refractivity contribution in [2.45, 2.75) is 13.0 Å². The molecule has 0 radical (unpaired) electrons. The minimum absolute atomic E-state index is 0.0751. The molecule has 0 aliphatic carbocycles. The molecular formula is C19H15Cl2NO6. The minimum Gasteiger partial charge on any atom is -0.508 e. The lowest BCUT2D eigenvalue weighted by atomic mass is 10.0. The standard InChI is InChI=1S/C19H15Cl2NO6/c20-13-3-1-2-10(17(13)21)6-11-7-12-14(8-15(11)24)22(4-5-23)9-16(18(12)25)28-19(26)27/h1-3,7-9,23-24H,4-6H2,(H,26,27). The van der Waals surface area contributed by atoms with Gasteiger partial charge in [-0.1, -0.05) is 35.3 Å². The SMILES string of the molecule is O=C(O)Oc1cn(CCO)c2cc(O)c(Cc3cccc(Cl)c3Cl)cc2c1=O. The van der Waals surface area contributed by atoms with Gasteiger partial charge in [-0.3, -0.25) is 4.79 Å². The Morgan fingerprint density at radius 2 is 1.93 bits per heavy atom. The van der Waals surface area contributed by atoms with Crippen LogP contribution in [0.25, 0.3) is 10.9 Å². The number of phenols is 1. The molecule has 9 heteroatoms. The number of hydrogen-bond acceptors (Lipinski definition) is 5. The third-order valence-corrected chi connectivity index (χ3v) is 5.06. The second kappa shape index (κ2) is 8.10. The van der Waals surface area contributed by atoms with Gasteiger partial charge in [-0.05, 0) is 23.3 Å². The van der Waals surface area contributed by atoms with Gasteiger partial charge in [0, 0.05) is 19.0 Å². The highest BCUT2D eigenvalue weighted by Gasteiger charge is 2.16. The highest BCUT2D eigenvalue weighted by molar-refractivity contribution is 6.42. The first-order valence-electron chi connectivity index (χ1n) is 8.15. The van der Waals surface area contributed by atoms with Gasteiger partial charge in [0.2, 0.25) is 5.43 Å². The second-order valence-corrected chi connectivity index (χ2v) is 6.78. The summed E-state index contributed by atoms with van der Waals surface area (Å²) < 4.78 is 6.00. The molecule has 0 bridgehead atoms. The van der Waals surface area contributed by atoms with Crippen molar-refractivity contribution in [1.29, 1.82) is 0 Å². The van der Waals surface area contributed by atoms with Crippen molar-refractivity contribution in [2.24, 2.45) is 0 Å². The van der Waals surface area contributed by atoms with Crippen molar-refractivity contribution in [1.82, 2.24) is 4.57 Å². The molecule has 0 atom stereocenters. The lowest BCUT2D eigenvalue weighted by Crippen LogP contribution is -2.17. The number of carboxylic acid groups (broad SMARTS) is 1. The molecular weight excluding hydrogens is 409 g/mol. The van der Waals surface area contributed by atoms with Crippen LogP contribution in [0.5, 0.6) is 11.5 Å². The van der Waals surface area contributed by atoms with E-state index in [0.29, 0.717) is 26.7 Å². The number of ether oxygens (including phenoxy) is 1. The number of aliphatic hydroxyl groups is 1. The molecule has 0 fully saturated rings. The maximum absolute atomic E-state index is 12.7. The fraction of sp³-hybridized carbons (Fsp3) is 0.158. The number of carbonyl (C=O) groups is 1. The van der Waals surface area contributed by atoms with Gasteiger partial charge in [-0.25, -0.2) is 4.79 Å². The maximum Gasteiger partial charge on any atom is 0.511 e. The van der Waals surface area contributed by atoms with Gasteiger partial charge in [0.25, 0.3) is 0 Å². The van der Waals surface area contributed by atoms with Crippen LogP contribution in [0.3, 0.4) is 0 Å². The van der Waals surface area contributed by atoms with Crippen LogP contribution in [-0.4, -0.2) is 32.6 Å². The van der Waals surface area contributed by atoms with Crippen molar-refractivity contribution in [3.8, 4) is 11.5 Å². The number of fused-ring (bicyclic) bond motifs is 1. The molecule has 0 amide bonds. The van der Waals surface area contributed by atoms with Crippen LogP contribution in [0.4, 0.5) is 4.79 Å². The lowest BCUT2D eigenvalue weighted by molar-refractivity contribution is 0.143. The molecule has 0 aliphatic rings. The van der Waals surface area contributed by atoms with Gasteiger partial charge in [0.15, 0.2) is 5.75 Å². The van der Waals surface area contributed by atoms with Crippen molar-refractivity contribution in [3.05, 3.63) is 67.9 Å². The number of pyridine rings is 1. The summed E-state index contributed by atoms with van der Waals surface area (Å²) in [5.41, 5.74) is 0.731. The second-order valence-electron chi connectivity index (χ2n) is 6.00. The quantitative estimate of drug-likeness (QED) is 0.540. The van der Waals surface area contributed by atoms with E-state index in [9.17, 15) is 19.8 Å². The van der Waals surface area contributed by atoms with Crippen LogP contribution >= 0.6 is 23.2 Å². The third-order valence-electron chi connectivity index (χ3n) is 4.20. The summed E-state index contributed by atoms with van der Waals surface area (Å²) in [5, 5.41) is 29.4. The summed E-state index contributed by atoms with van der Waals surface area (Å²) in [5.74, 6) is -0.479. The number of halogens is 2. The Labute approximate surface area is 168 Å². The molecule has 0 spiro atoms. The summed E-state index contributed by atoms with van der Waals surface area (Å²) in [4.78, 5) is 23.5. The fourth-order valence-corrected chi connectivity index (χ4v) is 3.32. The van der Waals surface area contributed by atoms with Crippen LogP contribution in [-0.2, 0) is 13.0 Å². The first-order chi connectivity index (χ1) is 13.3. The molecule has 2 aromatic carbocycles. The monoisotopic (exact) mass is 423 g/mol. The summed E-state index contributed by atoms with van der Waals surface area (Å²) in [7, 11) is 0. The van der Waals surface area contributed by atoms with Crippen molar-refractivity contribution < 1.29 is 24.9 Å². The number of phenolic OH excluding ortho intramolecular Hbond substituents is 1. The smallest absolute Gasteiger partial charge is 0.508 e. The first-order valence-corrected chi connectivity index (χ1v) is 8.91. The normalized spacial score (nSPS) is 11.0. The molecule has 0 aliphatic heterocycles. The Hall–Kier alpha value is -2.74. The van der Waals surface area contributed by atoms with Gasteiger partial charge in [-0.15, -0.1) is 0 Å². The molecule has 1 aromatic heterocycles. The Morgan fingerprint density at radius 1 is 1.18 bits per heavy atom. The molecule has 3 aromatic rings. The number of benzene rings is 2. The zero-order chi connectivity index (χ0) is 20.4. The zero-order valence-electron chi connectivity index (χ0n) is 14.4. The van der Waals surface area contributed by atoms with Crippen molar-refractivity contribution in [2.75, 3.05) is 6.61 Å². The van der Waals surface area contributed by atoms with Gasteiger partial charge >= 0.3 is 6.16 Å². The highest BCUT2D eigenvalue weighted by Crippen LogP contribution is 2.31. The Morgan fingerprint density at radius 3 is 2.61 bits per heavy atom. The predicted molar refractivity (Wildman–Crippen MR) is 105 cm³/mol. The van der Waals surface area contributed by atoms with Crippen LogP contribution in [0.15, 0.2) is 41.3 Å². The van der Waals surface area contributed by atoms with Crippen LogP contribution < -0.4 is 10.2 Å². The van der Waals surface area contributed by atoms with Crippen LogP contribution in [0.2, 0.25) is 10.0 Å². The molecule has 3 rings (SSSR count). The molecule has 1 heterocycles. The number of aliphatic hydroxyl groups excluding tert-OH is 1. The largest absolute Gasteiger partial charge is 0.511 e. The molecule has 7 nitrogen and oxygen atoms in total. The van der Waals surface area contributed by atoms with E-state index in [1.807, 2.05) is 0 Å². The van der Waals surface area contributed by atoms with Crippen molar-refractivity contribution in [3.63, 3.8) is 0 Å². The molecule has 146 valence electrons. The Kier molecular flexibility index (Phi) is 5.79. The molecule has 28 heavy (non-hydrogen) atoms. The van der Waals surface area contributed by atoms with E-state index < -0.39 is 17.3 Å². The topological polar surface area (TPSA) is 109 Å². The van der Waals surface area contributed by atoms with Crippen LogP contribution in [0.1, 0.15) is 11.1 Å². The maximum atomic E-state index is 12.7. The Bertz CT molecular complexity index is 1130. The van der Waals surface area contributed by atoms with Gasteiger partial charge in [0.05, 0.1) is 33.8 Å². The van der Waals surface area contributed by atoms with Crippen LogP contribution in [0, 0.1) is 0 Å². The lowest BCUT2D eigenvalue weighted by Gasteiger charge is -2.14. The van der Waals surface area contributed by atoms with E-state index in [1.165, 1.54) is 22.9 Å². The van der Waals surface area contributed by atoms with E-state index in [2.05, 4.69) is 4.74 Å². The van der Waals surface area contributed by atoms with Gasteiger partial charge in [0.1, 0.15) is 5.75 Å². The zero-order valence-corrected chi connectivity index (χ0v) is 15.9. The van der Waals surface area contributed by atoms with E-state index in [0.717, 1.165) is 0 Å². The molecule has 0 unspecified atom stereocenters. The fourth-order valence-electron chi connectivity index (χ4n) is 2.94. The van der Waals surface area contributed by atoms with E-state index >= 15 is 0 Å². The van der Waals surface area contributed by atoms with E-state index in [1.54, 1.807) is 18.2 Å². The minimum atomic E-state index is -1.63. The Balaban J connectivity index is 2.19. The number of aromatic hydroxyl groups is 1. The summed E-state index contributed by atoms with van der Waals surface area (Å²) in [6.07, 6.45) is -0.247. The number of hydrogen-bond donors (Lipinski definition) is 3. The highest BCUT2D eigenvalue weighted by atomic mass is 35.5. The molecule has 0 saturated carbocycles. The first kappa shape index (κ1) is 20.0. The van der Waals surface area contributed by atoms with Crippen molar-refractivity contribution >= 4 is 40.3 Å². The van der Waals surface area contributed by atoms with E-state index in [4.69, 9.17) is 28.3 Å². The number of aromatic nitrogens is 1. The summed E-state index contributed by atoms with van der Waals surface area (Å²) in [6.45, 7) is -0.184. The van der Waals surface area contributed by atoms with Gasteiger partial charge < -0.3 is 24.6 Å². The number of nitrogens with zero attached hydrogens (tertiary/aromatic N) is 1. The average Bonchev–Trinajstić information content (AvgIpc) is 2.63. The average molecular weight is 424 g/mol. The number of rotatable bonds is 5. The third kappa shape index (κ3) is 3.91. The summed E-state index contributed by atoms with van der Waals surface area (Å²) in [6, 6.07) is 7.93. The predicted octanol–water partition coefficient (Wildman–Crippen LogP) is 3.65. The summed E-state index contributed by atoms with van der Waals surface area (Å²) >= 11 is 12.2.